The summed E-state index contributed by atoms with van der Waals surface area (Å²) in [5.41, 5.74) is 0. The number of nitrogens with one attached hydrogen (secondary N) is 1. The molecule has 1 N–H and O–H groups in total. The van der Waals surface area contributed by atoms with Crippen molar-refractivity contribution < 1.29 is 8.42 Å². The van der Waals surface area contributed by atoms with Gasteiger partial charge in [-0.25, -0.2) is 8.42 Å². The highest BCUT2D eigenvalue weighted by molar-refractivity contribution is 14.0. The van der Waals surface area contributed by atoms with Crippen molar-refractivity contribution in [3.8, 4) is 0 Å². The number of aliphatic imine (C=N–C) groups is 1. The van der Waals surface area contributed by atoms with Gasteiger partial charge >= 0.3 is 0 Å². The highest BCUT2D eigenvalue weighted by atomic mass is 127. The fourth-order valence-electron chi connectivity index (χ4n) is 3.41. The van der Waals surface area contributed by atoms with E-state index in [4.69, 9.17) is 0 Å². The van der Waals surface area contributed by atoms with Crippen molar-refractivity contribution in [2.75, 3.05) is 45.5 Å². The van der Waals surface area contributed by atoms with Gasteiger partial charge in [0.15, 0.2) is 15.8 Å². The molecule has 1 unspecified atom stereocenters. The first-order valence-electron chi connectivity index (χ1n) is 8.22. The van der Waals surface area contributed by atoms with E-state index in [0.717, 1.165) is 19.0 Å². The molecule has 0 saturated carbocycles. The Kier molecular flexibility index (Phi) is 7.59. The first kappa shape index (κ1) is 21.0. The van der Waals surface area contributed by atoms with Crippen LogP contribution in [0.15, 0.2) is 4.99 Å². The van der Waals surface area contributed by atoms with Crippen molar-refractivity contribution in [1.29, 1.82) is 0 Å². The Hall–Kier alpha value is -0.0900. The van der Waals surface area contributed by atoms with E-state index in [0.29, 0.717) is 19.1 Å². The molecule has 0 aromatic rings. The normalized spacial score (nSPS) is 27.6. The average Bonchev–Trinajstić information content (AvgIpc) is 2.91. The van der Waals surface area contributed by atoms with Crippen LogP contribution in [0.25, 0.3) is 0 Å². The zero-order chi connectivity index (χ0) is 16.4. The van der Waals surface area contributed by atoms with Gasteiger partial charge in [-0.15, -0.1) is 24.0 Å². The SMILES string of the molecule is CCN1CCCC1CNC(=NC)N1CCS(=O)(=O)C(C)(C)C1.I. The Labute approximate surface area is 158 Å². The molecule has 0 aromatic carbocycles. The van der Waals surface area contributed by atoms with Gasteiger partial charge in [-0.2, -0.15) is 0 Å². The van der Waals surface area contributed by atoms with Gasteiger partial charge in [0.1, 0.15) is 0 Å². The largest absolute Gasteiger partial charge is 0.355 e. The number of rotatable bonds is 3. The fraction of sp³-hybridized carbons (Fsp3) is 0.933. The van der Waals surface area contributed by atoms with E-state index < -0.39 is 14.6 Å². The number of hydrogen-bond donors (Lipinski definition) is 1. The number of likely N-dealkylation sites (tertiary alicyclic amines) is 1. The van der Waals surface area contributed by atoms with E-state index >= 15 is 0 Å². The summed E-state index contributed by atoms with van der Waals surface area (Å²) < 4.78 is 23.5. The lowest BCUT2D eigenvalue weighted by Crippen LogP contribution is -2.58. The van der Waals surface area contributed by atoms with Gasteiger partial charge in [0, 0.05) is 32.7 Å². The average molecular weight is 458 g/mol. The summed E-state index contributed by atoms with van der Waals surface area (Å²) in [6.45, 7) is 9.96. The second-order valence-corrected chi connectivity index (χ2v) is 9.60. The number of likely N-dealkylation sites (N-methyl/N-ethyl adjacent to an activating group) is 1. The standard InChI is InChI=1S/C15H30N4O2S.HI/c1-5-18-8-6-7-13(18)11-17-14(16-4)19-9-10-22(20,21)15(2,3)12-19;/h13H,5-12H2,1-4H3,(H,16,17);1H. The molecule has 1 atom stereocenters. The van der Waals surface area contributed by atoms with Crippen LogP contribution < -0.4 is 5.32 Å². The van der Waals surface area contributed by atoms with Gasteiger partial charge in [-0.1, -0.05) is 6.92 Å². The number of halogens is 1. The number of sulfone groups is 1. The number of nitrogens with zero attached hydrogens (tertiary/aromatic N) is 3. The van der Waals surface area contributed by atoms with E-state index in [9.17, 15) is 8.42 Å². The van der Waals surface area contributed by atoms with Crippen molar-refractivity contribution in [2.45, 2.75) is 44.4 Å². The summed E-state index contributed by atoms with van der Waals surface area (Å²) in [6, 6.07) is 0.559. The maximum Gasteiger partial charge on any atom is 0.193 e. The minimum Gasteiger partial charge on any atom is -0.355 e. The molecule has 0 aromatic heterocycles. The summed E-state index contributed by atoms with van der Waals surface area (Å²) in [6.07, 6.45) is 2.48. The molecule has 0 amide bonds. The topological polar surface area (TPSA) is 65.0 Å². The highest BCUT2D eigenvalue weighted by Crippen LogP contribution is 2.23. The number of guanidine groups is 1. The molecule has 2 heterocycles. The highest BCUT2D eigenvalue weighted by Gasteiger charge is 2.41. The third kappa shape index (κ3) is 4.72. The van der Waals surface area contributed by atoms with Crippen LogP contribution in [0.1, 0.15) is 33.6 Å². The zero-order valence-electron chi connectivity index (χ0n) is 14.7. The van der Waals surface area contributed by atoms with Crippen LogP contribution >= 0.6 is 24.0 Å². The maximum atomic E-state index is 12.1. The van der Waals surface area contributed by atoms with Crippen LogP contribution in [0.4, 0.5) is 0 Å². The molecular formula is C15H31IN4O2S. The number of hydrogen-bond acceptors (Lipinski definition) is 4. The molecular weight excluding hydrogens is 427 g/mol. The Bertz CT molecular complexity index is 522. The van der Waals surface area contributed by atoms with E-state index in [1.807, 2.05) is 0 Å². The van der Waals surface area contributed by atoms with E-state index in [1.54, 1.807) is 20.9 Å². The summed E-state index contributed by atoms with van der Waals surface area (Å²) in [5.74, 6) is 1.02. The molecule has 136 valence electrons. The predicted octanol–water partition coefficient (Wildman–Crippen LogP) is 1.17. The zero-order valence-corrected chi connectivity index (χ0v) is 17.9. The molecule has 2 saturated heterocycles. The molecule has 0 spiro atoms. The molecule has 2 rings (SSSR count). The molecule has 0 aliphatic carbocycles. The Morgan fingerprint density at radius 1 is 1.35 bits per heavy atom. The molecule has 6 nitrogen and oxygen atoms in total. The minimum atomic E-state index is -3.01. The lowest BCUT2D eigenvalue weighted by atomic mass is 10.2. The van der Waals surface area contributed by atoms with Crippen LogP contribution in [0.3, 0.4) is 0 Å². The van der Waals surface area contributed by atoms with Crippen LogP contribution in [-0.4, -0.2) is 80.5 Å². The molecule has 2 fully saturated rings. The van der Waals surface area contributed by atoms with E-state index in [1.165, 1.54) is 19.4 Å². The van der Waals surface area contributed by atoms with Gasteiger partial charge in [-0.05, 0) is 39.8 Å². The second-order valence-electron chi connectivity index (χ2n) is 6.85. The third-order valence-electron chi connectivity index (χ3n) is 4.96. The van der Waals surface area contributed by atoms with Crippen LogP contribution in [0, 0.1) is 0 Å². The van der Waals surface area contributed by atoms with Gasteiger partial charge < -0.3 is 10.2 Å². The van der Waals surface area contributed by atoms with Crippen molar-refractivity contribution in [2.24, 2.45) is 4.99 Å². The molecule has 2 aliphatic rings. The first-order valence-corrected chi connectivity index (χ1v) is 9.88. The second kappa shape index (κ2) is 8.33. The lowest BCUT2D eigenvalue weighted by Gasteiger charge is -2.39. The Morgan fingerprint density at radius 2 is 2.04 bits per heavy atom. The van der Waals surface area contributed by atoms with Crippen molar-refractivity contribution in [3.05, 3.63) is 0 Å². The third-order valence-corrected chi connectivity index (χ3v) is 7.49. The summed E-state index contributed by atoms with van der Waals surface area (Å²) in [4.78, 5) is 8.92. The Balaban J connectivity index is 0.00000264. The van der Waals surface area contributed by atoms with Gasteiger partial charge in [0.25, 0.3) is 0 Å². The van der Waals surface area contributed by atoms with E-state index in [2.05, 4.69) is 27.0 Å². The maximum absolute atomic E-state index is 12.1. The fourth-order valence-corrected chi connectivity index (χ4v) is 4.77. The van der Waals surface area contributed by atoms with E-state index in [-0.39, 0.29) is 29.7 Å². The Morgan fingerprint density at radius 3 is 2.61 bits per heavy atom. The first-order chi connectivity index (χ1) is 10.3. The van der Waals surface area contributed by atoms with Crippen LogP contribution in [0.2, 0.25) is 0 Å². The van der Waals surface area contributed by atoms with Gasteiger partial charge in [0.05, 0.1) is 10.5 Å². The molecule has 0 radical (unpaired) electrons. The monoisotopic (exact) mass is 458 g/mol. The molecule has 2 aliphatic heterocycles. The van der Waals surface area contributed by atoms with Crippen molar-refractivity contribution >= 4 is 39.8 Å². The summed E-state index contributed by atoms with van der Waals surface area (Å²) in [5, 5.41) is 3.45. The van der Waals surface area contributed by atoms with Crippen LogP contribution in [-0.2, 0) is 9.84 Å². The van der Waals surface area contributed by atoms with Crippen molar-refractivity contribution in [3.63, 3.8) is 0 Å². The quantitative estimate of drug-likeness (QED) is 0.391. The van der Waals surface area contributed by atoms with Gasteiger partial charge in [0.2, 0.25) is 0 Å². The molecule has 0 bridgehead atoms. The van der Waals surface area contributed by atoms with Crippen LogP contribution in [0.5, 0.6) is 0 Å². The van der Waals surface area contributed by atoms with Crippen molar-refractivity contribution in [1.82, 2.24) is 15.1 Å². The molecule has 8 heteroatoms. The minimum absolute atomic E-state index is 0. The predicted molar refractivity (Wildman–Crippen MR) is 106 cm³/mol. The van der Waals surface area contributed by atoms with Gasteiger partial charge in [-0.3, -0.25) is 9.89 Å². The molecule has 23 heavy (non-hydrogen) atoms. The lowest BCUT2D eigenvalue weighted by molar-refractivity contribution is 0.263. The summed E-state index contributed by atoms with van der Waals surface area (Å²) in [7, 11) is -1.24. The smallest absolute Gasteiger partial charge is 0.193 e. The summed E-state index contributed by atoms with van der Waals surface area (Å²) >= 11 is 0.